The Morgan fingerprint density at radius 2 is 1.62 bits per heavy atom. The second-order valence-corrected chi connectivity index (χ2v) is 5.82. The molecule has 0 saturated carbocycles. The third kappa shape index (κ3) is 2.74. The van der Waals surface area contributed by atoms with E-state index >= 15 is 0 Å². The topological polar surface area (TPSA) is 44.8 Å². The van der Waals surface area contributed by atoms with E-state index in [2.05, 4.69) is 0 Å². The first-order valence-corrected chi connectivity index (χ1v) is 5.56. The maximum absolute atomic E-state index is 11.2. The number of carbonyl (C=O) groups excluding carboxylic acids is 1. The highest BCUT2D eigenvalue weighted by molar-refractivity contribution is 5.66. The van der Waals surface area contributed by atoms with Gasteiger partial charge in [-0.1, -0.05) is 20.8 Å². The fourth-order valence-electron chi connectivity index (χ4n) is 1.58. The van der Waals surface area contributed by atoms with E-state index in [9.17, 15) is 4.79 Å². The van der Waals surface area contributed by atoms with Gasteiger partial charge in [-0.3, -0.25) is 4.79 Å². The molecule has 16 heavy (non-hydrogen) atoms. The largest absolute Gasteiger partial charge is 0.454 e. The SMILES string of the molecule is CC(=O)OC1(C(C)(C)C)COC(C)(C)OC1. The molecule has 1 saturated heterocycles. The normalized spacial score (nSPS) is 23.9. The molecule has 0 amide bonds. The number of carbonyl (C=O) groups is 1. The summed E-state index contributed by atoms with van der Waals surface area (Å²) < 4.78 is 16.7. The molecule has 0 atom stereocenters. The van der Waals surface area contributed by atoms with Crippen LogP contribution in [-0.2, 0) is 19.0 Å². The van der Waals surface area contributed by atoms with Gasteiger partial charge in [0.2, 0.25) is 0 Å². The van der Waals surface area contributed by atoms with Crippen LogP contribution in [0.3, 0.4) is 0 Å². The molecule has 0 aromatic rings. The summed E-state index contributed by atoms with van der Waals surface area (Å²) in [6.45, 7) is 11.9. The van der Waals surface area contributed by atoms with Crippen molar-refractivity contribution < 1.29 is 19.0 Å². The van der Waals surface area contributed by atoms with Gasteiger partial charge in [-0.25, -0.2) is 0 Å². The van der Waals surface area contributed by atoms with Crippen LogP contribution in [-0.4, -0.2) is 30.6 Å². The predicted octanol–water partition coefficient (Wildman–Crippen LogP) is 2.12. The van der Waals surface area contributed by atoms with Crippen LogP contribution in [0.1, 0.15) is 41.5 Å². The Morgan fingerprint density at radius 1 is 1.19 bits per heavy atom. The summed E-state index contributed by atoms with van der Waals surface area (Å²) in [4.78, 5) is 11.2. The summed E-state index contributed by atoms with van der Waals surface area (Å²) in [5.41, 5.74) is -0.927. The van der Waals surface area contributed by atoms with Gasteiger partial charge in [0.25, 0.3) is 0 Å². The maximum Gasteiger partial charge on any atom is 0.303 e. The Bertz CT molecular complexity index is 265. The van der Waals surface area contributed by atoms with Gasteiger partial charge in [-0.15, -0.1) is 0 Å². The van der Waals surface area contributed by atoms with Crippen molar-refractivity contribution in [3.63, 3.8) is 0 Å². The molecule has 1 fully saturated rings. The molecular formula is C12H22O4. The van der Waals surface area contributed by atoms with Gasteiger partial charge >= 0.3 is 5.97 Å². The molecule has 4 nitrogen and oxygen atoms in total. The molecule has 1 aliphatic heterocycles. The number of ether oxygens (including phenoxy) is 3. The standard InChI is InChI=1S/C12H22O4/c1-9(13)16-12(10(2,3)4)7-14-11(5,6)15-8-12/h7-8H2,1-6H3. The average Bonchev–Trinajstić information content (AvgIpc) is 2.06. The molecule has 0 unspecified atom stereocenters. The first-order chi connectivity index (χ1) is 7.08. The highest BCUT2D eigenvalue weighted by atomic mass is 16.7. The van der Waals surface area contributed by atoms with Gasteiger partial charge in [-0.2, -0.15) is 0 Å². The predicted molar refractivity (Wildman–Crippen MR) is 59.9 cm³/mol. The molecule has 1 heterocycles. The number of hydrogen-bond acceptors (Lipinski definition) is 4. The van der Waals surface area contributed by atoms with Gasteiger partial charge in [0.05, 0.1) is 13.2 Å². The van der Waals surface area contributed by atoms with Gasteiger partial charge in [-0.05, 0) is 13.8 Å². The minimum Gasteiger partial charge on any atom is -0.454 e. The van der Waals surface area contributed by atoms with Crippen LogP contribution in [0.15, 0.2) is 0 Å². The van der Waals surface area contributed by atoms with E-state index in [1.165, 1.54) is 6.92 Å². The van der Waals surface area contributed by atoms with E-state index in [1.807, 2.05) is 34.6 Å². The molecule has 0 aromatic carbocycles. The summed E-state index contributed by atoms with van der Waals surface area (Å²) >= 11 is 0. The van der Waals surface area contributed by atoms with Gasteiger partial charge < -0.3 is 14.2 Å². The van der Waals surface area contributed by atoms with E-state index in [4.69, 9.17) is 14.2 Å². The molecule has 1 rings (SSSR count). The average molecular weight is 230 g/mol. The van der Waals surface area contributed by atoms with E-state index in [1.54, 1.807) is 0 Å². The molecule has 94 valence electrons. The van der Waals surface area contributed by atoms with Crippen LogP contribution in [0.25, 0.3) is 0 Å². The number of rotatable bonds is 1. The first kappa shape index (κ1) is 13.5. The lowest BCUT2D eigenvalue weighted by atomic mass is 9.76. The molecule has 0 radical (unpaired) electrons. The lowest BCUT2D eigenvalue weighted by Gasteiger charge is -2.49. The lowest BCUT2D eigenvalue weighted by molar-refractivity contribution is -0.322. The summed E-state index contributed by atoms with van der Waals surface area (Å²) in [5.74, 6) is -0.906. The van der Waals surface area contributed by atoms with Crippen molar-refractivity contribution in [2.24, 2.45) is 5.41 Å². The van der Waals surface area contributed by atoms with Gasteiger partial charge in [0, 0.05) is 12.3 Å². The summed E-state index contributed by atoms with van der Waals surface area (Å²) in [5, 5.41) is 0. The number of esters is 1. The molecule has 0 N–H and O–H groups in total. The first-order valence-electron chi connectivity index (χ1n) is 5.56. The second kappa shape index (κ2) is 4.00. The van der Waals surface area contributed by atoms with Gasteiger partial charge in [0.15, 0.2) is 11.4 Å². The zero-order valence-corrected chi connectivity index (χ0v) is 11.0. The van der Waals surface area contributed by atoms with Crippen molar-refractivity contribution in [3.8, 4) is 0 Å². The second-order valence-electron chi connectivity index (χ2n) is 5.82. The third-order valence-corrected chi connectivity index (χ3v) is 3.01. The Kier molecular flexibility index (Phi) is 3.37. The van der Waals surface area contributed by atoms with Crippen LogP contribution in [0.4, 0.5) is 0 Å². The van der Waals surface area contributed by atoms with Crippen molar-refractivity contribution in [1.82, 2.24) is 0 Å². The third-order valence-electron chi connectivity index (χ3n) is 3.01. The Balaban J connectivity index is 2.87. The minimum atomic E-state index is -0.700. The molecule has 0 spiro atoms. The highest BCUT2D eigenvalue weighted by Crippen LogP contribution is 2.39. The molecule has 4 heteroatoms. The van der Waals surface area contributed by atoms with Crippen molar-refractivity contribution in [2.45, 2.75) is 52.9 Å². The molecule has 0 aromatic heterocycles. The smallest absolute Gasteiger partial charge is 0.303 e. The zero-order chi connectivity index (χ0) is 12.6. The molecule has 0 aliphatic carbocycles. The highest BCUT2D eigenvalue weighted by Gasteiger charge is 2.50. The van der Waals surface area contributed by atoms with Crippen molar-refractivity contribution in [3.05, 3.63) is 0 Å². The minimum absolute atomic E-state index is 0.227. The van der Waals surface area contributed by atoms with Crippen LogP contribution in [0.2, 0.25) is 0 Å². The van der Waals surface area contributed by atoms with Gasteiger partial charge in [0.1, 0.15) is 0 Å². The summed E-state index contributed by atoms with van der Waals surface area (Å²) in [7, 11) is 0. The van der Waals surface area contributed by atoms with E-state index in [0.29, 0.717) is 13.2 Å². The van der Waals surface area contributed by atoms with E-state index in [0.717, 1.165) is 0 Å². The van der Waals surface area contributed by atoms with Crippen molar-refractivity contribution in [1.29, 1.82) is 0 Å². The van der Waals surface area contributed by atoms with E-state index < -0.39 is 11.4 Å². The van der Waals surface area contributed by atoms with Crippen LogP contribution in [0, 0.1) is 5.41 Å². The lowest BCUT2D eigenvalue weighted by Crippen LogP contribution is -2.60. The fourth-order valence-corrected chi connectivity index (χ4v) is 1.58. The van der Waals surface area contributed by atoms with Crippen LogP contribution >= 0.6 is 0 Å². The van der Waals surface area contributed by atoms with Crippen LogP contribution < -0.4 is 0 Å². The Morgan fingerprint density at radius 3 is 1.94 bits per heavy atom. The summed E-state index contributed by atoms with van der Waals surface area (Å²) in [6, 6.07) is 0. The zero-order valence-electron chi connectivity index (χ0n) is 11.0. The maximum atomic E-state index is 11.2. The van der Waals surface area contributed by atoms with Crippen LogP contribution in [0.5, 0.6) is 0 Å². The summed E-state index contributed by atoms with van der Waals surface area (Å²) in [6.07, 6.45) is 0. The molecular weight excluding hydrogens is 208 g/mol. The van der Waals surface area contributed by atoms with Crippen molar-refractivity contribution in [2.75, 3.05) is 13.2 Å². The molecule has 1 aliphatic rings. The fraction of sp³-hybridized carbons (Fsp3) is 0.917. The van der Waals surface area contributed by atoms with Crippen molar-refractivity contribution >= 4 is 5.97 Å². The quantitative estimate of drug-likeness (QED) is 0.647. The monoisotopic (exact) mass is 230 g/mol. The van der Waals surface area contributed by atoms with E-state index in [-0.39, 0.29) is 11.4 Å². The number of hydrogen-bond donors (Lipinski definition) is 0. The Labute approximate surface area is 97.2 Å². The molecule has 0 bridgehead atoms. The Hall–Kier alpha value is -0.610.